The molecule has 150 valence electrons. The lowest BCUT2D eigenvalue weighted by molar-refractivity contribution is -0.154. The Hall–Kier alpha value is -2.75. The Labute approximate surface area is 169 Å². The SMILES string of the molecule is N#C[C@H]1[C@@H](c2ccc(-c3ccccc3F)cc2)[C@@H](CO)N1C(=O)C1CCOCC1. The van der Waals surface area contributed by atoms with Crippen LogP contribution in [0.4, 0.5) is 4.39 Å². The Kier molecular flexibility index (Phi) is 5.61. The van der Waals surface area contributed by atoms with Gasteiger partial charge in [0.1, 0.15) is 11.9 Å². The van der Waals surface area contributed by atoms with Crippen LogP contribution in [0.25, 0.3) is 11.1 Å². The molecule has 6 heteroatoms. The highest BCUT2D eigenvalue weighted by Gasteiger charge is 2.52. The van der Waals surface area contributed by atoms with Gasteiger partial charge in [0.15, 0.2) is 0 Å². The summed E-state index contributed by atoms with van der Waals surface area (Å²) in [6.07, 6.45) is 1.29. The van der Waals surface area contributed by atoms with E-state index in [1.165, 1.54) is 6.07 Å². The van der Waals surface area contributed by atoms with Crippen molar-refractivity contribution in [2.24, 2.45) is 5.92 Å². The molecule has 2 saturated heterocycles. The summed E-state index contributed by atoms with van der Waals surface area (Å²) in [4.78, 5) is 14.5. The van der Waals surface area contributed by atoms with Crippen LogP contribution in [0.5, 0.6) is 0 Å². The third-order valence-electron chi connectivity index (χ3n) is 6.04. The lowest BCUT2D eigenvalue weighted by Gasteiger charge is -2.52. The molecule has 0 radical (unpaired) electrons. The molecular weight excluding hydrogens is 371 g/mol. The predicted octanol–water partition coefficient (Wildman–Crippen LogP) is 3.10. The van der Waals surface area contributed by atoms with Crippen LogP contribution in [0.3, 0.4) is 0 Å². The van der Waals surface area contributed by atoms with Gasteiger partial charge >= 0.3 is 0 Å². The second-order valence-electron chi connectivity index (χ2n) is 7.58. The molecule has 2 fully saturated rings. The van der Waals surface area contributed by atoms with Gasteiger partial charge in [0, 0.05) is 30.6 Å². The fourth-order valence-electron chi connectivity index (χ4n) is 4.45. The molecule has 4 rings (SSSR count). The van der Waals surface area contributed by atoms with Crippen LogP contribution < -0.4 is 0 Å². The highest BCUT2D eigenvalue weighted by molar-refractivity contribution is 5.81. The van der Waals surface area contributed by atoms with Crippen LogP contribution in [-0.4, -0.2) is 47.8 Å². The second-order valence-corrected chi connectivity index (χ2v) is 7.58. The third kappa shape index (κ3) is 3.52. The van der Waals surface area contributed by atoms with E-state index in [1.807, 2.05) is 24.3 Å². The minimum Gasteiger partial charge on any atom is -0.394 e. The normalized spacial score (nSPS) is 24.6. The Morgan fingerprint density at radius 1 is 1.17 bits per heavy atom. The Morgan fingerprint density at radius 2 is 1.86 bits per heavy atom. The fourth-order valence-corrected chi connectivity index (χ4v) is 4.45. The summed E-state index contributed by atoms with van der Waals surface area (Å²) in [7, 11) is 0. The first-order chi connectivity index (χ1) is 14.2. The molecule has 2 aliphatic heterocycles. The van der Waals surface area contributed by atoms with Crippen molar-refractivity contribution in [1.82, 2.24) is 4.90 Å². The highest BCUT2D eigenvalue weighted by atomic mass is 19.1. The van der Waals surface area contributed by atoms with Gasteiger partial charge in [0.2, 0.25) is 5.91 Å². The number of benzene rings is 2. The van der Waals surface area contributed by atoms with Gasteiger partial charge in [-0.1, -0.05) is 42.5 Å². The van der Waals surface area contributed by atoms with Crippen molar-refractivity contribution in [3.05, 3.63) is 59.9 Å². The van der Waals surface area contributed by atoms with Crippen molar-refractivity contribution in [3.8, 4) is 17.2 Å². The molecule has 2 aromatic rings. The molecule has 0 unspecified atom stereocenters. The number of hydrogen-bond acceptors (Lipinski definition) is 4. The summed E-state index contributed by atoms with van der Waals surface area (Å²) in [6.45, 7) is 0.894. The molecule has 1 amide bonds. The van der Waals surface area contributed by atoms with Crippen LogP contribution in [-0.2, 0) is 9.53 Å². The number of aliphatic hydroxyl groups excluding tert-OH is 1. The highest BCUT2D eigenvalue weighted by Crippen LogP contribution is 2.42. The first kappa shape index (κ1) is 19.6. The van der Waals surface area contributed by atoms with Crippen LogP contribution in [0.15, 0.2) is 48.5 Å². The number of carbonyl (C=O) groups is 1. The van der Waals surface area contributed by atoms with E-state index in [4.69, 9.17) is 4.74 Å². The topological polar surface area (TPSA) is 73.6 Å². The number of rotatable bonds is 4. The van der Waals surface area contributed by atoms with E-state index < -0.39 is 12.1 Å². The molecule has 0 bridgehead atoms. The van der Waals surface area contributed by atoms with Crippen molar-refractivity contribution in [2.75, 3.05) is 19.8 Å². The van der Waals surface area contributed by atoms with Gasteiger partial charge in [0.05, 0.1) is 18.7 Å². The lowest BCUT2D eigenvalue weighted by Crippen LogP contribution is -2.66. The van der Waals surface area contributed by atoms with E-state index in [2.05, 4.69) is 6.07 Å². The van der Waals surface area contributed by atoms with Gasteiger partial charge < -0.3 is 14.7 Å². The molecule has 2 heterocycles. The molecule has 2 aromatic carbocycles. The largest absolute Gasteiger partial charge is 0.394 e. The second kappa shape index (κ2) is 8.32. The zero-order valence-corrected chi connectivity index (χ0v) is 16.0. The van der Waals surface area contributed by atoms with Gasteiger partial charge in [0.25, 0.3) is 0 Å². The maximum atomic E-state index is 14.0. The summed E-state index contributed by atoms with van der Waals surface area (Å²) in [6, 6.07) is 15.1. The van der Waals surface area contributed by atoms with Crippen molar-refractivity contribution in [1.29, 1.82) is 5.26 Å². The zero-order chi connectivity index (χ0) is 20.4. The molecule has 5 nitrogen and oxygen atoms in total. The first-order valence-electron chi connectivity index (χ1n) is 9.91. The summed E-state index contributed by atoms with van der Waals surface area (Å²) < 4.78 is 19.4. The maximum absolute atomic E-state index is 14.0. The predicted molar refractivity (Wildman–Crippen MR) is 105 cm³/mol. The molecule has 0 spiro atoms. The average molecular weight is 394 g/mol. The van der Waals surface area contributed by atoms with E-state index in [0.717, 1.165) is 11.1 Å². The van der Waals surface area contributed by atoms with Crippen molar-refractivity contribution < 1.29 is 19.0 Å². The number of hydrogen-bond donors (Lipinski definition) is 1. The standard InChI is InChI=1S/C23H23FN2O3/c24-19-4-2-1-3-18(19)15-5-7-16(8-6-15)22-20(13-25)26(21(22)14-27)23(28)17-9-11-29-12-10-17/h1-8,17,20-22,27H,9-12,14H2/t20-,21+,22+/m0/s1. The van der Waals surface area contributed by atoms with Crippen LogP contribution >= 0.6 is 0 Å². The third-order valence-corrected chi connectivity index (χ3v) is 6.04. The van der Waals surface area contributed by atoms with Gasteiger partial charge in [-0.15, -0.1) is 0 Å². The van der Waals surface area contributed by atoms with Gasteiger partial charge in [-0.3, -0.25) is 4.79 Å². The first-order valence-corrected chi connectivity index (χ1v) is 9.91. The Bertz CT molecular complexity index is 918. The van der Waals surface area contributed by atoms with Crippen molar-refractivity contribution in [2.45, 2.75) is 30.8 Å². The summed E-state index contributed by atoms with van der Waals surface area (Å²) in [5, 5.41) is 19.7. The quantitative estimate of drug-likeness (QED) is 0.865. The average Bonchev–Trinajstić information content (AvgIpc) is 2.75. The molecule has 0 aliphatic carbocycles. The number of amides is 1. The minimum absolute atomic E-state index is 0.0712. The molecular formula is C23H23FN2O3. The molecule has 0 aromatic heterocycles. The Balaban J connectivity index is 1.56. The Morgan fingerprint density at radius 3 is 2.48 bits per heavy atom. The van der Waals surface area contributed by atoms with E-state index in [0.29, 0.717) is 31.6 Å². The minimum atomic E-state index is -0.609. The lowest BCUT2D eigenvalue weighted by atomic mass is 9.74. The van der Waals surface area contributed by atoms with Gasteiger partial charge in [-0.05, 0) is 30.0 Å². The smallest absolute Gasteiger partial charge is 0.227 e. The molecule has 1 N–H and O–H groups in total. The number of ether oxygens (including phenoxy) is 1. The molecule has 0 saturated carbocycles. The number of carbonyl (C=O) groups excluding carboxylic acids is 1. The number of halogens is 1. The number of nitriles is 1. The molecule has 3 atom stereocenters. The summed E-state index contributed by atoms with van der Waals surface area (Å²) in [5.41, 5.74) is 2.13. The van der Waals surface area contributed by atoms with Gasteiger partial charge in [-0.25, -0.2) is 4.39 Å². The van der Waals surface area contributed by atoms with Crippen LogP contribution in [0.1, 0.15) is 24.3 Å². The van der Waals surface area contributed by atoms with E-state index >= 15 is 0 Å². The molecule has 2 aliphatic rings. The van der Waals surface area contributed by atoms with Crippen LogP contribution in [0, 0.1) is 23.1 Å². The maximum Gasteiger partial charge on any atom is 0.227 e. The summed E-state index contributed by atoms with van der Waals surface area (Å²) >= 11 is 0. The van der Waals surface area contributed by atoms with Crippen molar-refractivity contribution >= 4 is 5.91 Å². The van der Waals surface area contributed by atoms with Crippen LogP contribution in [0.2, 0.25) is 0 Å². The number of nitrogens with zero attached hydrogens (tertiary/aromatic N) is 2. The monoisotopic (exact) mass is 394 g/mol. The number of aliphatic hydroxyl groups is 1. The fraction of sp³-hybridized carbons (Fsp3) is 0.391. The van der Waals surface area contributed by atoms with Crippen molar-refractivity contribution in [3.63, 3.8) is 0 Å². The van der Waals surface area contributed by atoms with E-state index in [9.17, 15) is 19.6 Å². The van der Waals surface area contributed by atoms with E-state index in [-0.39, 0.29) is 30.2 Å². The zero-order valence-electron chi connectivity index (χ0n) is 16.0. The summed E-state index contributed by atoms with van der Waals surface area (Å²) in [5.74, 6) is -0.778. The molecule has 29 heavy (non-hydrogen) atoms. The number of likely N-dealkylation sites (tertiary alicyclic amines) is 1. The van der Waals surface area contributed by atoms with Gasteiger partial charge in [-0.2, -0.15) is 5.26 Å². The van der Waals surface area contributed by atoms with E-state index in [1.54, 1.807) is 23.1 Å².